The van der Waals surface area contributed by atoms with E-state index in [1.165, 1.54) is 11.1 Å². The van der Waals surface area contributed by atoms with Crippen molar-refractivity contribution in [2.45, 2.75) is 6.42 Å². The molecule has 0 saturated heterocycles. The third-order valence-corrected chi connectivity index (χ3v) is 3.08. The predicted octanol–water partition coefficient (Wildman–Crippen LogP) is 2.25. The summed E-state index contributed by atoms with van der Waals surface area (Å²) in [6.45, 7) is 1.96. The Morgan fingerprint density at radius 3 is 3.00 bits per heavy atom. The molecule has 0 atom stereocenters. The lowest BCUT2D eigenvalue weighted by atomic mass is 10.00. The van der Waals surface area contributed by atoms with Crippen molar-refractivity contribution in [1.29, 1.82) is 0 Å². The average Bonchev–Trinajstić information content (AvgIpc) is 2.73. The average molecular weight is 214 g/mol. The van der Waals surface area contributed by atoms with Crippen LogP contribution < -0.4 is 5.32 Å². The van der Waals surface area contributed by atoms with Gasteiger partial charge in [-0.1, -0.05) is 6.08 Å². The number of phenolic OH excluding ortho intramolecular Hbond substituents is 1. The fraction of sp³-hybridized carbons (Fsp3) is 0.231. The highest BCUT2D eigenvalue weighted by Gasteiger charge is 2.10. The summed E-state index contributed by atoms with van der Waals surface area (Å²) in [7, 11) is 0. The van der Waals surface area contributed by atoms with Crippen LogP contribution in [0.25, 0.3) is 16.5 Å². The molecule has 0 fully saturated rings. The maximum absolute atomic E-state index is 9.53. The van der Waals surface area contributed by atoms with Crippen LogP contribution in [0.4, 0.5) is 0 Å². The number of benzene rings is 1. The second kappa shape index (κ2) is 3.68. The molecular formula is C13H14N2O. The number of fused-ring (bicyclic) bond motifs is 1. The van der Waals surface area contributed by atoms with E-state index < -0.39 is 0 Å². The largest absolute Gasteiger partial charge is 0.508 e. The Balaban J connectivity index is 2.16. The smallest absolute Gasteiger partial charge is 0.116 e. The third kappa shape index (κ3) is 1.49. The minimum atomic E-state index is 0.322. The molecule has 3 N–H and O–H groups in total. The van der Waals surface area contributed by atoms with Crippen LogP contribution in [0.1, 0.15) is 12.0 Å². The van der Waals surface area contributed by atoms with Crippen LogP contribution in [0.2, 0.25) is 0 Å². The highest BCUT2D eigenvalue weighted by atomic mass is 16.3. The summed E-state index contributed by atoms with van der Waals surface area (Å²) in [6.07, 6.45) is 5.29. The molecule has 0 bridgehead atoms. The van der Waals surface area contributed by atoms with E-state index in [9.17, 15) is 5.11 Å². The van der Waals surface area contributed by atoms with Crippen molar-refractivity contribution in [3.8, 4) is 5.75 Å². The SMILES string of the molecule is Oc1ccc2[nH]cc(C3=CCNCC3)c2c1. The van der Waals surface area contributed by atoms with Crippen molar-refractivity contribution in [2.24, 2.45) is 0 Å². The van der Waals surface area contributed by atoms with Gasteiger partial charge in [0.2, 0.25) is 0 Å². The van der Waals surface area contributed by atoms with E-state index in [2.05, 4.69) is 16.4 Å². The monoisotopic (exact) mass is 214 g/mol. The standard InChI is InChI=1S/C13H14N2O/c16-10-1-2-13-11(7-10)12(8-15-13)9-3-5-14-6-4-9/h1-3,7-8,14-16H,4-6H2. The van der Waals surface area contributed by atoms with Gasteiger partial charge in [-0.05, 0) is 36.7 Å². The normalized spacial score (nSPS) is 16.4. The highest BCUT2D eigenvalue weighted by molar-refractivity contribution is 5.93. The molecule has 3 rings (SSSR count). The molecule has 1 aromatic heterocycles. The Labute approximate surface area is 93.8 Å². The summed E-state index contributed by atoms with van der Waals surface area (Å²) in [6, 6.07) is 5.44. The number of nitrogens with one attached hydrogen (secondary N) is 2. The first-order chi connectivity index (χ1) is 7.84. The lowest BCUT2D eigenvalue weighted by molar-refractivity contribution is 0.476. The van der Waals surface area contributed by atoms with Crippen LogP contribution in [0.3, 0.4) is 0 Å². The van der Waals surface area contributed by atoms with Gasteiger partial charge in [0, 0.05) is 29.2 Å². The molecule has 3 nitrogen and oxygen atoms in total. The van der Waals surface area contributed by atoms with Crippen molar-refractivity contribution in [2.75, 3.05) is 13.1 Å². The first-order valence-corrected chi connectivity index (χ1v) is 5.55. The molecular weight excluding hydrogens is 200 g/mol. The van der Waals surface area contributed by atoms with E-state index in [0.717, 1.165) is 30.4 Å². The quantitative estimate of drug-likeness (QED) is 0.682. The molecule has 0 aliphatic carbocycles. The number of hydrogen-bond acceptors (Lipinski definition) is 2. The highest BCUT2D eigenvalue weighted by Crippen LogP contribution is 2.29. The first-order valence-electron chi connectivity index (χ1n) is 5.55. The summed E-state index contributed by atoms with van der Waals surface area (Å²) in [5, 5.41) is 13.9. The zero-order valence-electron chi connectivity index (χ0n) is 8.96. The van der Waals surface area contributed by atoms with E-state index in [1.54, 1.807) is 6.07 Å². The van der Waals surface area contributed by atoms with Crippen molar-refractivity contribution in [3.05, 3.63) is 36.0 Å². The van der Waals surface area contributed by atoms with E-state index in [0.29, 0.717) is 5.75 Å². The molecule has 2 aromatic rings. The minimum absolute atomic E-state index is 0.322. The minimum Gasteiger partial charge on any atom is -0.508 e. The van der Waals surface area contributed by atoms with Gasteiger partial charge >= 0.3 is 0 Å². The molecule has 0 amide bonds. The van der Waals surface area contributed by atoms with Gasteiger partial charge in [0.05, 0.1) is 0 Å². The van der Waals surface area contributed by atoms with Gasteiger partial charge in [0.1, 0.15) is 5.75 Å². The van der Waals surface area contributed by atoms with E-state index in [4.69, 9.17) is 0 Å². The summed E-state index contributed by atoms with van der Waals surface area (Å²) >= 11 is 0. The van der Waals surface area contributed by atoms with Crippen LogP contribution in [-0.2, 0) is 0 Å². The van der Waals surface area contributed by atoms with Crippen LogP contribution >= 0.6 is 0 Å². The number of aromatic amines is 1. The second-order valence-electron chi connectivity index (χ2n) is 4.12. The van der Waals surface area contributed by atoms with Gasteiger partial charge < -0.3 is 15.4 Å². The Bertz CT molecular complexity index is 554. The molecule has 1 aliphatic rings. The maximum Gasteiger partial charge on any atom is 0.116 e. The molecule has 0 unspecified atom stereocenters. The number of phenols is 1. The van der Waals surface area contributed by atoms with Crippen LogP contribution in [-0.4, -0.2) is 23.2 Å². The molecule has 82 valence electrons. The van der Waals surface area contributed by atoms with Crippen molar-refractivity contribution in [1.82, 2.24) is 10.3 Å². The van der Waals surface area contributed by atoms with Gasteiger partial charge in [-0.25, -0.2) is 0 Å². The predicted molar refractivity (Wildman–Crippen MR) is 65.4 cm³/mol. The van der Waals surface area contributed by atoms with Gasteiger partial charge in [-0.15, -0.1) is 0 Å². The van der Waals surface area contributed by atoms with Crippen molar-refractivity contribution >= 4 is 16.5 Å². The number of aromatic hydroxyl groups is 1. The van der Waals surface area contributed by atoms with Gasteiger partial charge in [0.25, 0.3) is 0 Å². The summed E-state index contributed by atoms with van der Waals surface area (Å²) in [4.78, 5) is 3.24. The van der Waals surface area contributed by atoms with Crippen LogP contribution in [0, 0.1) is 0 Å². The van der Waals surface area contributed by atoms with E-state index in [-0.39, 0.29) is 0 Å². The first kappa shape index (κ1) is 9.48. The summed E-state index contributed by atoms with van der Waals surface area (Å²) in [5.41, 5.74) is 3.65. The van der Waals surface area contributed by atoms with Crippen molar-refractivity contribution < 1.29 is 5.11 Å². The summed E-state index contributed by atoms with van der Waals surface area (Å²) in [5.74, 6) is 0.322. The molecule has 0 saturated carbocycles. The van der Waals surface area contributed by atoms with E-state index in [1.807, 2.05) is 18.3 Å². The fourth-order valence-corrected chi connectivity index (χ4v) is 2.24. The molecule has 1 aromatic carbocycles. The lowest BCUT2D eigenvalue weighted by Crippen LogP contribution is -2.19. The van der Waals surface area contributed by atoms with E-state index >= 15 is 0 Å². The summed E-state index contributed by atoms with van der Waals surface area (Å²) < 4.78 is 0. The molecule has 1 aliphatic heterocycles. The van der Waals surface area contributed by atoms with Gasteiger partial charge in [-0.3, -0.25) is 0 Å². The van der Waals surface area contributed by atoms with Crippen molar-refractivity contribution in [3.63, 3.8) is 0 Å². The second-order valence-corrected chi connectivity index (χ2v) is 4.12. The van der Waals surface area contributed by atoms with Crippen LogP contribution in [0.5, 0.6) is 5.75 Å². The Morgan fingerprint density at radius 1 is 1.25 bits per heavy atom. The maximum atomic E-state index is 9.53. The Hall–Kier alpha value is -1.74. The lowest BCUT2D eigenvalue weighted by Gasteiger charge is -2.13. The van der Waals surface area contributed by atoms with Crippen LogP contribution in [0.15, 0.2) is 30.5 Å². The number of aromatic nitrogens is 1. The Morgan fingerprint density at radius 2 is 2.19 bits per heavy atom. The fourth-order valence-electron chi connectivity index (χ4n) is 2.24. The molecule has 2 heterocycles. The molecule has 3 heteroatoms. The molecule has 16 heavy (non-hydrogen) atoms. The van der Waals surface area contributed by atoms with Gasteiger partial charge in [-0.2, -0.15) is 0 Å². The van der Waals surface area contributed by atoms with Gasteiger partial charge in [0.15, 0.2) is 0 Å². The molecule has 0 radical (unpaired) electrons. The zero-order valence-corrected chi connectivity index (χ0v) is 8.96. The number of rotatable bonds is 1. The number of H-pyrrole nitrogens is 1. The molecule has 0 spiro atoms. The topological polar surface area (TPSA) is 48.0 Å². The number of hydrogen-bond donors (Lipinski definition) is 3. The zero-order chi connectivity index (χ0) is 11.0. The third-order valence-electron chi connectivity index (χ3n) is 3.08. The Kier molecular flexibility index (Phi) is 2.18.